The molecule has 3 aromatic rings. The Balaban J connectivity index is 1.46. The van der Waals surface area contributed by atoms with Crippen molar-refractivity contribution in [3.8, 4) is 0 Å². The van der Waals surface area contributed by atoms with Gasteiger partial charge in [-0.15, -0.1) is 0 Å². The monoisotopic (exact) mass is 382 g/mol. The van der Waals surface area contributed by atoms with Gasteiger partial charge in [0.15, 0.2) is 0 Å². The van der Waals surface area contributed by atoms with Gasteiger partial charge in [-0.1, -0.05) is 0 Å². The van der Waals surface area contributed by atoms with Crippen LogP contribution < -0.4 is 5.32 Å². The first-order valence-electron chi connectivity index (χ1n) is 9.03. The lowest BCUT2D eigenvalue weighted by Crippen LogP contribution is -2.43. The Bertz CT molecular complexity index is 1050. The molecule has 0 saturated carbocycles. The molecule has 0 aliphatic carbocycles. The summed E-state index contributed by atoms with van der Waals surface area (Å²) in [4.78, 5) is 36.7. The van der Waals surface area contributed by atoms with Gasteiger partial charge in [0.05, 0.1) is 36.7 Å². The van der Waals surface area contributed by atoms with Crippen molar-refractivity contribution in [2.24, 2.45) is 0 Å². The van der Waals surface area contributed by atoms with Crippen molar-refractivity contribution in [2.45, 2.75) is 26.6 Å². The zero-order valence-corrected chi connectivity index (χ0v) is 16.1. The van der Waals surface area contributed by atoms with Crippen LogP contribution >= 0.6 is 0 Å². The van der Waals surface area contributed by atoms with Gasteiger partial charge in [-0.2, -0.15) is 5.10 Å². The van der Waals surface area contributed by atoms with E-state index in [1.807, 2.05) is 10.7 Å². The quantitative estimate of drug-likeness (QED) is 0.717. The van der Waals surface area contributed by atoms with E-state index in [0.29, 0.717) is 43.3 Å². The number of aryl methyl sites for hydroxylation is 1. The number of nitrogens with one attached hydrogen (secondary N) is 1. The van der Waals surface area contributed by atoms with Gasteiger partial charge in [0, 0.05) is 33.0 Å². The minimum absolute atomic E-state index is 0.0148. The average Bonchev–Trinajstić information content (AvgIpc) is 3.24. The molecule has 28 heavy (non-hydrogen) atoms. The highest BCUT2D eigenvalue weighted by atomic mass is 16.2. The lowest BCUT2D eigenvalue weighted by atomic mass is 10.2. The van der Waals surface area contributed by atoms with Gasteiger partial charge in [0.2, 0.25) is 5.78 Å². The summed E-state index contributed by atoms with van der Waals surface area (Å²) < 4.78 is 3.57. The zero-order chi connectivity index (χ0) is 19.8. The number of urea groups is 1. The predicted octanol–water partition coefficient (Wildman–Crippen LogP) is 0.661. The maximum absolute atomic E-state index is 12.7. The summed E-state index contributed by atoms with van der Waals surface area (Å²) in [5.74, 6) is 0.265. The van der Waals surface area contributed by atoms with Crippen LogP contribution in [0.4, 0.5) is 4.79 Å². The summed E-state index contributed by atoms with van der Waals surface area (Å²) >= 11 is 0. The lowest BCUT2D eigenvalue weighted by molar-refractivity contribution is 0.0943. The van der Waals surface area contributed by atoms with Crippen molar-refractivity contribution in [3.63, 3.8) is 0 Å². The van der Waals surface area contributed by atoms with Crippen LogP contribution in [-0.4, -0.2) is 66.5 Å². The van der Waals surface area contributed by atoms with E-state index in [4.69, 9.17) is 0 Å². The van der Waals surface area contributed by atoms with Crippen LogP contribution in [0.15, 0.2) is 24.5 Å². The Hall–Kier alpha value is -3.43. The fourth-order valence-corrected chi connectivity index (χ4v) is 3.38. The van der Waals surface area contributed by atoms with Gasteiger partial charge in [0.25, 0.3) is 5.91 Å². The molecular formula is C18H22N8O2. The van der Waals surface area contributed by atoms with Crippen molar-refractivity contribution in [1.29, 1.82) is 0 Å². The first kappa shape index (κ1) is 18.0. The van der Waals surface area contributed by atoms with E-state index in [1.54, 1.807) is 53.7 Å². The second kappa shape index (κ2) is 6.95. The maximum Gasteiger partial charge on any atom is 0.319 e. The highest BCUT2D eigenvalue weighted by Crippen LogP contribution is 2.15. The van der Waals surface area contributed by atoms with E-state index < -0.39 is 0 Å². The van der Waals surface area contributed by atoms with Crippen molar-refractivity contribution in [3.05, 3.63) is 47.3 Å². The van der Waals surface area contributed by atoms with Gasteiger partial charge in [-0.05, 0) is 19.1 Å². The summed E-state index contributed by atoms with van der Waals surface area (Å²) in [6.07, 6.45) is 3.41. The topological polar surface area (TPSA) is 101 Å². The average molecular weight is 382 g/mol. The number of fused-ring (bicyclic) bond motifs is 2. The predicted molar refractivity (Wildman–Crippen MR) is 101 cm³/mol. The summed E-state index contributed by atoms with van der Waals surface area (Å²) in [6, 6.07) is 3.67. The third kappa shape index (κ3) is 3.17. The molecule has 3 amide bonds. The summed E-state index contributed by atoms with van der Waals surface area (Å²) in [5, 5.41) is 7.45. The molecule has 0 saturated heterocycles. The molecule has 4 heterocycles. The second-order valence-corrected chi connectivity index (χ2v) is 6.97. The minimum Gasteiger partial charge on any atom is -0.345 e. The molecule has 1 aliphatic rings. The van der Waals surface area contributed by atoms with E-state index in [1.165, 1.54) is 0 Å². The molecule has 0 atom stereocenters. The molecular weight excluding hydrogens is 360 g/mol. The molecule has 10 nitrogen and oxygen atoms in total. The zero-order valence-electron chi connectivity index (χ0n) is 16.1. The molecule has 0 unspecified atom stereocenters. The lowest BCUT2D eigenvalue weighted by Gasteiger charge is -2.29. The van der Waals surface area contributed by atoms with Gasteiger partial charge < -0.3 is 15.1 Å². The molecule has 0 aromatic carbocycles. The first-order valence-corrected chi connectivity index (χ1v) is 9.03. The van der Waals surface area contributed by atoms with E-state index >= 15 is 0 Å². The number of hydrogen-bond acceptors (Lipinski definition) is 5. The van der Waals surface area contributed by atoms with E-state index in [0.717, 1.165) is 11.4 Å². The van der Waals surface area contributed by atoms with Crippen LogP contribution in [-0.2, 0) is 19.6 Å². The van der Waals surface area contributed by atoms with Gasteiger partial charge >= 0.3 is 6.03 Å². The fourth-order valence-electron chi connectivity index (χ4n) is 3.38. The van der Waals surface area contributed by atoms with Crippen LogP contribution in [0.2, 0.25) is 0 Å². The fraction of sp³-hybridized carbons (Fsp3) is 0.389. The van der Waals surface area contributed by atoms with Gasteiger partial charge in [-0.25, -0.2) is 14.8 Å². The number of carbonyl (C=O) groups is 2. The number of rotatable bonds is 3. The van der Waals surface area contributed by atoms with E-state index in [2.05, 4.69) is 20.4 Å². The molecule has 4 rings (SSSR count). The number of hydrogen-bond donors (Lipinski definition) is 1. The highest BCUT2D eigenvalue weighted by Gasteiger charge is 2.24. The van der Waals surface area contributed by atoms with Crippen LogP contribution in [0.1, 0.15) is 27.6 Å². The molecule has 0 spiro atoms. The summed E-state index contributed by atoms with van der Waals surface area (Å²) in [6.45, 7) is 3.85. The van der Waals surface area contributed by atoms with E-state index in [9.17, 15) is 9.59 Å². The largest absolute Gasteiger partial charge is 0.345 e. The number of amides is 3. The Kier molecular flexibility index (Phi) is 4.46. The van der Waals surface area contributed by atoms with Crippen LogP contribution in [0.3, 0.4) is 0 Å². The molecule has 146 valence electrons. The SMILES string of the molecule is Cc1nc2ncccn2c1C(=O)NCc1cc2n(n1)CCN(C(=O)N(C)C)C2. The molecule has 0 radical (unpaired) electrons. The minimum atomic E-state index is -0.228. The second-order valence-electron chi connectivity index (χ2n) is 6.97. The van der Waals surface area contributed by atoms with Crippen molar-refractivity contribution in [2.75, 3.05) is 20.6 Å². The normalized spacial score (nSPS) is 13.5. The highest BCUT2D eigenvalue weighted by molar-refractivity contribution is 5.94. The molecule has 1 aliphatic heterocycles. The number of imidazole rings is 1. The third-order valence-corrected chi connectivity index (χ3v) is 4.72. The summed E-state index contributed by atoms with van der Waals surface area (Å²) in [7, 11) is 3.49. The molecule has 10 heteroatoms. The molecule has 0 fully saturated rings. The van der Waals surface area contributed by atoms with Gasteiger partial charge in [-0.3, -0.25) is 13.9 Å². The molecule has 1 N–H and O–H groups in total. The Labute approximate surface area is 161 Å². The molecule has 0 bridgehead atoms. The van der Waals surface area contributed by atoms with Gasteiger partial charge in [0.1, 0.15) is 5.69 Å². The molecule has 3 aromatic heterocycles. The van der Waals surface area contributed by atoms with E-state index in [-0.39, 0.29) is 11.9 Å². The first-order chi connectivity index (χ1) is 13.4. The number of carbonyl (C=O) groups excluding carboxylic acids is 2. The van der Waals surface area contributed by atoms with Crippen LogP contribution in [0, 0.1) is 6.92 Å². The number of nitrogens with zero attached hydrogens (tertiary/aromatic N) is 7. The Morgan fingerprint density at radius 2 is 2.11 bits per heavy atom. The van der Waals surface area contributed by atoms with Crippen LogP contribution in [0.25, 0.3) is 5.78 Å². The van der Waals surface area contributed by atoms with Crippen molar-refractivity contribution < 1.29 is 9.59 Å². The number of aromatic nitrogens is 5. The standard InChI is InChI=1S/C18H22N8O2/c1-12-15(25-6-4-5-19-17(25)21-12)16(27)20-10-13-9-14-11-24(18(28)23(2)3)7-8-26(14)22-13/h4-6,9H,7-8,10-11H2,1-3H3,(H,20,27). The van der Waals surface area contributed by atoms with Crippen LogP contribution in [0.5, 0.6) is 0 Å². The van der Waals surface area contributed by atoms with Crippen molar-refractivity contribution >= 4 is 17.7 Å². The Morgan fingerprint density at radius 3 is 2.89 bits per heavy atom. The summed E-state index contributed by atoms with van der Waals surface area (Å²) in [5.41, 5.74) is 2.81. The Morgan fingerprint density at radius 1 is 1.29 bits per heavy atom. The third-order valence-electron chi connectivity index (χ3n) is 4.72. The van der Waals surface area contributed by atoms with Crippen molar-refractivity contribution in [1.82, 2.24) is 39.3 Å². The maximum atomic E-state index is 12.7. The smallest absolute Gasteiger partial charge is 0.319 e.